The molecule has 0 aliphatic heterocycles. The average molecular weight is 389 g/mol. The summed E-state index contributed by atoms with van der Waals surface area (Å²) < 4.78 is 12.4. The Labute approximate surface area is 166 Å². The van der Waals surface area contributed by atoms with E-state index < -0.39 is 11.5 Å². The number of ether oxygens (including phenoxy) is 1. The highest BCUT2D eigenvalue weighted by Crippen LogP contribution is 2.21. The van der Waals surface area contributed by atoms with Crippen LogP contribution in [0.25, 0.3) is 16.7 Å². The van der Waals surface area contributed by atoms with E-state index in [1.165, 1.54) is 6.07 Å². The van der Waals surface area contributed by atoms with Crippen molar-refractivity contribution in [2.24, 2.45) is 0 Å². The third kappa shape index (κ3) is 3.75. The van der Waals surface area contributed by atoms with Gasteiger partial charge in [0.1, 0.15) is 16.9 Å². The molecule has 7 nitrogen and oxygen atoms in total. The fraction of sp³-hybridized carbons (Fsp3) is 0.136. The Morgan fingerprint density at radius 1 is 1.17 bits per heavy atom. The van der Waals surface area contributed by atoms with Crippen molar-refractivity contribution < 1.29 is 13.9 Å². The molecule has 2 aromatic carbocycles. The summed E-state index contributed by atoms with van der Waals surface area (Å²) >= 11 is 0. The third-order valence-corrected chi connectivity index (χ3v) is 4.73. The molecule has 1 amide bonds. The monoisotopic (exact) mass is 389 g/mol. The van der Waals surface area contributed by atoms with Gasteiger partial charge in [-0.15, -0.1) is 0 Å². The first kappa shape index (κ1) is 18.5. The van der Waals surface area contributed by atoms with Gasteiger partial charge >= 0.3 is 5.63 Å². The minimum atomic E-state index is -0.678. The number of nitrogens with zero attached hydrogens (tertiary/aromatic N) is 2. The number of benzene rings is 2. The van der Waals surface area contributed by atoms with Gasteiger partial charge in [-0.05, 0) is 48.9 Å². The largest absolute Gasteiger partial charge is 0.497 e. The van der Waals surface area contributed by atoms with E-state index in [0.29, 0.717) is 16.7 Å². The molecule has 0 saturated carbocycles. The Kier molecular flexibility index (Phi) is 4.87. The molecule has 0 aliphatic rings. The topological polar surface area (TPSA) is 86.4 Å². The van der Waals surface area contributed by atoms with Crippen LogP contribution >= 0.6 is 0 Å². The molecule has 0 fully saturated rings. The van der Waals surface area contributed by atoms with Gasteiger partial charge in [-0.25, -0.2) is 9.78 Å². The summed E-state index contributed by atoms with van der Waals surface area (Å²) in [7, 11) is 1.55. The predicted molar refractivity (Wildman–Crippen MR) is 108 cm³/mol. The Bertz CT molecular complexity index is 1210. The van der Waals surface area contributed by atoms with Crippen molar-refractivity contribution >= 4 is 16.9 Å². The second-order valence-corrected chi connectivity index (χ2v) is 6.61. The van der Waals surface area contributed by atoms with E-state index in [4.69, 9.17) is 9.15 Å². The zero-order chi connectivity index (χ0) is 20.4. The van der Waals surface area contributed by atoms with E-state index in [0.717, 1.165) is 11.3 Å². The van der Waals surface area contributed by atoms with Gasteiger partial charge in [-0.3, -0.25) is 4.79 Å². The highest BCUT2D eigenvalue weighted by molar-refractivity contribution is 5.97. The van der Waals surface area contributed by atoms with Gasteiger partial charge in [0.2, 0.25) is 0 Å². The first-order valence-electron chi connectivity index (χ1n) is 9.06. The number of amides is 1. The molecule has 29 heavy (non-hydrogen) atoms. The van der Waals surface area contributed by atoms with Crippen LogP contribution < -0.4 is 15.7 Å². The molecule has 0 saturated heterocycles. The highest BCUT2D eigenvalue weighted by Gasteiger charge is 2.17. The lowest BCUT2D eigenvalue weighted by Crippen LogP contribution is -2.30. The number of methoxy groups -OCH3 is 1. The maximum absolute atomic E-state index is 12.7. The van der Waals surface area contributed by atoms with E-state index >= 15 is 0 Å². The van der Waals surface area contributed by atoms with Gasteiger partial charge in [0.15, 0.2) is 0 Å². The lowest BCUT2D eigenvalue weighted by atomic mass is 10.1. The van der Waals surface area contributed by atoms with E-state index in [1.807, 2.05) is 42.0 Å². The number of hydrogen-bond acceptors (Lipinski definition) is 5. The molecule has 0 spiro atoms. The minimum absolute atomic E-state index is 0.0485. The SMILES string of the molecule is COc1ccc2oc(=O)c(C(=O)N[C@@H](C)c3ccc(-n4ccnc4)cc3)cc2c1. The lowest BCUT2D eigenvalue weighted by Gasteiger charge is -2.15. The normalized spacial score (nSPS) is 11.9. The Hall–Kier alpha value is -3.87. The Morgan fingerprint density at radius 2 is 1.97 bits per heavy atom. The smallest absolute Gasteiger partial charge is 0.349 e. The molecule has 4 rings (SSSR count). The lowest BCUT2D eigenvalue weighted by molar-refractivity contribution is 0.0936. The number of nitrogens with one attached hydrogen (secondary N) is 1. The van der Waals surface area contributed by atoms with Gasteiger partial charge < -0.3 is 19.0 Å². The van der Waals surface area contributed by atoms with Crippen LogP contribution in [0.3, 0.4) is 0 Å². The standard InChI is InChI=1S/C22H19N3O4/c1-14(15-3-5-17(6-4-15)25-10-9-23-13-25)24-21(26)19-12-16-11-18(28-2)7-8-20(16)29-22(19)27/h3-14H,1-2H3,(H,24,26)/t14-/m0/s1. The van der Waals surface area contributed by atoms with Gasteiger partial charge in [0.25, 0.3) is 5.91 Å². The maximum Gasteiger partial charge on any atom is 0.349 e. The van der Waals surface area contributed by atoms with Crippen molar-refractivity contribution in [2.75, 3.05) is 7.11 Å². The summed E-state index contributed by atoms with van der Waals surface area (Å²) in [6.45, 7) is 1.86. The van der Waals surface area contributed by atoms with Crippen molar-refractivity contribution in [3.8, 4) is 11.4 Å². The molecule has 1 N–H and O–H groups in total. The van der Waals surface area contributed by atoms with E-state index in [1.54, 1.807) is 37.8 Å². The number of hydrogen-bond donors (Lipinski definition) is 1. The zero-order valence-electron chi connectivity index (χ0n) is 16.0. The third-order valence-electron chi connectivity index (χ3n) is 4.73. The Balaban J connectivity index is 1.55. The summed E-state index contributed by atoms with van der Waals surface area (Å²) in [5.41, 5.74) is 1.55. The zero-order valence-corrected chi connectivity index (χ0v) is 16.0. The van der Waals surface area contributed by atoms with Crippen LogP contribution in [-0.4, -0.2) is 22.6 Å². The molecule has 7 heteroatoms. The predicted octanol–water partition coefficient (Wildman–Crippen LogP) is 3.48. The number of imidazole rings is 1. The molecule has 0 unspecified atom stereocenters. The molecule has 2 aromatic heterocycles. The van der Waals surface area contributed by atoms with Crippen molar-refractivity contribution in [3.05, 3.63) is 88.8 Å². The number of aromatic nitrogens is 2. The van der Waals surface area contributed by atoms with Crippen LogP contribution in [0.2, 0.25) is 0 Å². The minimum Gasteiger partial charge on any atom is -0.497 e. The van der Waals surface area contributed by atoms with Crippen molar-refractivity contribution in [2.45, 2.75) is 13.0 Å². The van der Waals surface area contributed by atoms with E-state index in [9.17, 15) is 9.59 Å². The van der Waals surface area contributed by atoms with E-state index in [-0.39, 0.29) is 11.6 Å². The van der Waals surface area contributed by atoms with Gasteiger partial charge in [0, 0.05) is 23.5 Å². The van der Waals surface area contributed by atoms with Crippen molar-refractivity contribution in [3.63, 3.8) is 0 Å². The molecule has 4 aromatic rings. The summed E-state index contributed by atoms with van der Waals surface area (Å²) in [6, 6.07) is 14.0. The second-order valence-electron chi connectivity index (χ2n) is 6.61. The summed E-state index contributed by atoms with van der Waals surface area (Å²) in [5, 5.41) is 3.47. The molecule has 2 heterocycles. The van der Waals surface area contributed by atoms with Gasteiger partial charge in [-0.2, -0.15) is 0 Å². The molecule has 1 atom stereocenters. The fourth-order valence-corrected chi connectivity index (χ4v) is 3.09. The summed E-state index contributed by atoms with van der Waals surface area (Å²) in [4.78, 5) is 29.0. The van der Waals surface area contributed by atoms with Gasteiger partial charge in [0.05, 0.1) is 19.5 Å². The maximum atomic E-state index is 12.7. The van der Waals surface area contributed by atoms with Crippen molar-refractivity contribution in [1.29, 1.82) is 0 Å². The number of carbonyl (C=O) groups excluding carboxylic acids is 1. The Morgan fingerprint density at radius 3 is 2.66 bits per heavy atom. The van der Waals surface area contributed by atoms with Gasteiger partial charge in [-0.1, -0.05) is 12.1 Å². The summed E-state index contributed by atoms with van der Waals surface area (Å²) in [6.07, 6.45) is 5.28. The molecule has 0 bridgehead atoms. The number of fused-ring (bicyclic) bond motifs is 1. The summed E-state index contributed by atoms with van der Waals surface area (Å²) in [5.74, 6) is 0.124. The average Bonchev–Trinajstić information content (AvgIpc) is 3.28. The van der Waals surface area contributed by atoms with Crippen molar-refractivity contribution in [1.82, 2.24) is 14.9 Å². The van der Waals surface area contributed by atoms with Crippen LogP contribution in [0.1, 0.15) is 28.9 Å². The first-order valence-corrected chi connectivity index (χ1v) is 9.06. The van der Waals surface area contributed by atoms with Crippen LogP contribution in [0.4, 0.5) is 0 Å². The quantitative estimate of drug-likeness (QED) is 0.528. The molecule has 0 aliphatic carbocycles. The van der Waals surface area contributed by atoms with Crippen LogP contribution in [0.5, 0.6) is 5.75 Å². The van der Waals surface area contributed by atoms with Crippen LogP contribution in [0, 0.1) is 0 Å². The fourth-order valence-electron chi connectivity index (χ4n) is 3.09. The molecule has 0 radical (unpaired) electrons. The molecule has 146 valence electrons. The van der Waals surface area contributed by atoms with Crippen LogP contribution in [0.15, 0.2) is 76.5 Å². The molecular weight excluding hydrogens is 370 g/mol. The van der Waals surface area contributed by atoms with E-state index in [2.05, 4.69) is 10.3 Å². The molecular formula is C22H19N3O4. The first-order chi connectivity index (χ1) is 14.0. The number of rotatable bonds is 5. The van der Waals surface area contributed by atoms with Crippen LogP contribution in [-0.2, 0) is 0 Å². The highest BCUT2D eigenvalue weighted by atomic mass is 16.5. The second kappa shape index (κ2) is 7.63. The number of carbonyl (C=O) groups is 1.